The molecular formula is C23H27NO5. The molecule has 0 bridgehead atoms. The monoisotopic (exact) mass is 397 g/mol. The van der Waals surface area contributed by atoms with Crippen LogP contribution >= 0.6 is 0 Å². The van der Waals surface area contributed by atoms with Gasteiger partial charge in [-0.05, 0) is 36.1 Å². The Morgan fingerprint density at radius 2 is 1.90 bits per heavy atom. The molecule has 0 spiro atoms. The van der Waals surface area contributed by atoms with E-state index in [2.05, 4.69) is 5.32 Å². The summed E-state index contributed by atoms with van der Waals surface area (Å²) in [5.74, 6) is 0.113. The van der Waals surface area contributed by atoms with Crippen LogP contribution in [0.3, 0.4) is 0 Å². The summed E-state index contributed by atoms with van der Waals surface area (Å²) in [6.07, 6.45) is 0.390. The molecule has 0 aliphatic heterocycles. The molecule has 0 unspecified atom stereocenters. The standard InChI is InChI=1S/C23H27NO5/c1-4-20(25)24-19-13-11-15-10-12-17(27-2)14-18(15)22(19)29-23(26)21(28-3)16-8-6-5-7-9-16/h5-10,12,14,19,21-22H,4,11,13H2,1-3H3,(H,24,25)/t19-,21-,22-/m1/s1. The summed E-state index contributed by atoms with van der Waals surface area (Å²) in [4.78, 5) is 25.1. The van der Waals surface area contributed by atoms with Crippen molar-refractivity contribution in [2.75, 3.05) is 14.2 Å². The maximum Gasteiger partial charge on any atom is 0.340 e. The second-order valence-corrected chi connectivity index (χ2v) is 7.01. The maximum absolute atomic E-state index is 13.0. The minimum absolute atomic E-state index is 0.0752. The minimum atomic E-state index is -0.838. The van der Waals surface area contributed by atoms with E-state index >= 15 is 0 Å². The lowest BCUT2D eigenvalue weighted by molar-refractivity contribution is -0.164. The fourth-order valence-corrected chi connectivity index (χ4v) is 3.66. The Bertz CT molecular complexity index is 852. The van der Waals surface area contributed by atoms with Crippen LogP contribution in [0.1, 0.15) is 48.7 Å². The Balaban J connectivity index is 1.91. The molecule has 1 aliphatic carbocycles. The molecule has 0 fully saturated rings. The third-order valence-electron chi connectivity index (χ3n) is 5.21. The molecule has 2 aromatic rings. The number of hydrogen-bond acceptors (Lipinski definition) is 5. The van der Waals surface area contributed by atoms with Gasteiger partial charge in [0.1, 0.15) is 11.9 Å². The van der Waals surface area contributed by atoms with Gasteiger partial charge in [0.05, 0.1) is 13.2 Å². The van der Waals surface area contributed by atoms with Crippen LogP contribution in [0, 0.1) is 0 Å². The highest BCUT2D eigenvalue weighted by Crippen LogP contribution is 2.36. The predicted molar refractivity (Wildman–Crippen MR) is 109 cm³/mol. The topological polar surface area (TPSA) is 73.9 Å². The zero-order valence-electron chi connectivity index (χ0n) is 17.0. The average Bonchev–Trinajstić information content (AvgIpc) is 2.76. The first-order valence-electron chi connectivity index (χ1n) is 9.81. The van der Waals surface area contributed by atoms with Crippen LogP contribution in [0.25, 0.3) is 0 Å². The maximum atomic E-state index is 13.0. The fraction of sp³-hybridized carbons (Fsp3) is 0.391. The van der Waals surface area contributed by atoms with E-state index in [1.54, 1.807) is 14.0 Å². The van der Waals surface area contributed by atoms with Gasteiger partial charge in [0.2, 0.25) is 5.91 Å². The summed E-state index contributed by atoms with van der Waals surface area (Å²) >= 11 is 0. The quantitative estimate of drug-likeness (QED) is 0.724. The Kier molecular flexibility index (Phi) is 6.88. The molecule has 3 rings (SSSR count). The summed E-state index contributed by atoms with van der Waals surface area (Å²) in [6.45, 7) is 1.80. The van der Waals surface area contributed by atoms with E-state index in [4.69, 9.17) is 14.2 Å². The van der Waals surface area contributed by atoms with E-state index in [1.165, 1.54) is 7.11 Å². The number of hydrogen-bond donors (Lipinski definition) is 1. The van der Waals surface area contributed by atoms with Crippen LogP contribution in [0.2, 0.25) is 0 Å². The second kappa shape index (κ2) is 9.56. The number of amides is 1. The summed E-state index contributed by atoms with van der Waals surface area (Å²) in [7, 11) is 3.07. The number of benzene rings is 2. The number of rotatable bonds is 7. The largest absolute Gasteiger partial charge is 0.497 e. The van der Waals surface area contributed by atoms with Crippen molar-refractivity contribution in [3.8, 4) is 5.75 Å². The Labute approximate surface area is 171 Å². The molecule has 1 amide bonds. The molecule has 29 heavy (non-hydrogen) atoms. The number of ether oxygens (including phenoxy) is 3. The molecule has 154 valence electrons. The molecule has 6 heteroatoms. The molecule has 0 saturated heterocycles. The van der Waals surface area contributed by atoms with Crippen molar-refractivity contribution in [2.24, 2.45) is 0 Å². The van der Waals surface area contributed by atoms with E-state index in [0.717, 1.165) is 23.1 Å². The van der Waals surface area contributed by atoms with Crippen molar-refractivity contribution in [3.05, 3.63) is 65.2 Å². The highest BCUT2D eigenvalue weighted by Gasteiger charge is 2.36. The summed E-state index contributed by atoms with van der Waals surface area (Å²) in [5.41, 5.74) is 2.66. The number of nitrogens with one attached hydrogen (secondary N) is 1. The van der Waals surface area contributed by atoms with Crippen LogP contribution in [-0.4, -0.2) is 32.1 Å². The second-order valence-electron chi connectivity index (χ2n) is 7.01. The molecule has 0 aromatic heterocycles. The van der Waals surface area contributed by atoms with Gasteiger partial charge in [0, 0.05) is 19.1 Å². The first kappa shape index (κ1) is 20.9. The van der Waals surface area contributed by atoms with Crippen molar-refractivity contribution in [2.45, 2.75) is 44.4 Å². The first-order chi connectivity index (χ1) is 14.1. The summed E-state index contributed by atoms with van der Waals surface area (Å²) in [5, 5.41) is 3.00. The third kappa shape index (κ3) is 4.77. The lowest BCUT2D eigenvalue weighted by Crippen LogP contribution is -2.43. The van der Waals surface area contributed by atoms with Crippen molar-refractivity contribution < 1.29 is 23.8 Å². The molecule has 0 heterocycles. The zero-order chi connectivity index (χ0) is 20.8. The van der Waals surface area contributed by atoms with Crippen molar-refractivity contribution in [3.63, 3.8) is 0 Å². The Morgan fingerprint density at radius 3 is 2.55 bits per heavy atom. The normalized spacial score (nSPS) is 19.0. The molecule has 3 atom stereocenters. The lowest BCUT2D eigenvalue weighted by atomic mass is 9.85. The van der Waals surface area contributed by atoms with E-state index in [9.17, 15) is 9.59 Å². The molecule has 2 aromatic carbocycles. The molecular weight excluding hydrogens is 370 g/mol. The van der Waals surface area contributed by atoms with Gasteiger partial charge in [-0.2, -0.15) is 0 Å². The fourth-order valence-electron chi connectivity index (χ4n) is 3.66. The van der Waals surface area contributed by atoms with Gasteiger partial charge in [-0.1, -0.05) is 43.3 Å². The lowest BCUT2D eigenvalue weighted by Gasteiger charge is -2.34. The average molecular weight is 397 g/mol. The Morgan fingerprint density at radius 1 is 1.14 bits per heavy atom. The summed E-state index contributed by atoms with van der Waals surface area (Å²) in [6, 6.07) is 14.7. The smallest absolute Gasteiger partial charge is 0.340 e. The van der Waals surface area contributed by atoms with Crippen molar-refractivity contribution in [1.82, 2.24) is 5.32 Å². The predicted octanol–water partition coefficient (Wildman–Crippen LogP) is 3.51. The van der Waals surface area contributed by atoms with Crippen LogP contribution < -0.4 is 10.1 Å². The highest BCUT2D eigenvalue weighted by molar-refractivity contribution is 5.78. The number of esters is 1. The SMILES string of the molecule is CCC(=O)N[C@@H]1CCc2ccc(OC)cc2[C@H]1OC(=O)[C@H](OC)c1ccccc1. The molecule has 0 radical (unpaired) electrons. The number of aryl methyl sites for hydroxylation is 1. The minimum Gasteiger partial charge on any atom is -0.497 e. The molecule has 0 saturated carbocycles. The van der Waals surface area contributed by atoms with Gasteiger partial charge in [0.15, 0.2) is 6.10 Å². The van der Waals surface area contributed by atoms with Gasteiger partial charge in [-0.25, -0.2) is 4.79 Å². The zero-order valence-corrected chi connectivity index (χ0v) is 17.0. The van der Waals surface area contributed by atoms with Gasteiger partial charge in [0.25, 0.3) is 0 Å². The van der Waals surface area contributed by atoms with Gasteiger partial charge in [-0.3, -0.25) is 4.79 Å². The molecule has 1 N–H and O–H groups in total. The number of fused-ring (bicyclic) bond motifs is 1. The number of carbonyl (C=O) groups excluding carboxylic acids is 2. The molecule has 1 aliphatic rings. The van der Waals surface area contributed by atoms with Crippen molar-refractivity contribution in [1.29, 1.82) is 0 Å². The van der Waals surface area contributed by atoms with E-state index < -0.39 is 18.2 Å². The van der Waals surface area contributed by atoms with E-state index in [0.29, 0.717) is 18.6 Å². The van der Waals surface area contributed by atoms with Crippen molar-refractivity contribution >= 4 is 11.9 Å². The number of carbonyl (C=O) groups is 2. The number of methoxy groups -OCH3 is 2. The van der Waals surface area contributed by atoms with Crippen LogP contribution in [0.5, 0.6) is 5.75 Å². The van der Waals surface area contributed by atoms with Crippen LogP contribution in [0.15, 0.2) is 48.5 Å². The third-order valence-corrected chi connectivity index (χ3v) is 5.21. The summed E-state index contributed by atoms with van der Waals surface area (Å²) < 4.78 is 16.7. The van der Waals surface area contributed by atoms with Crippen LogP contribution in [-0.2, 0) is 25.5 Å². The van der Waals surface area contributed by atoms with E-state index in [1.807, 2.05) is 48.5 Å². The van der Waals surface area contributed by atoms with E-state index in [-0.39, 0.29) is 11.9 Å². The molecule has 6 nitrogen and oxygen atoms in total. The van der Waals surface area contributed by atoms with Gasteiger partial charge >= 0.3 is 5.97 Å². The highest BCUT2D eigenvalue weighted by atomic mass is 16.6. The van der Waals surface area contributed by atoms with Gasteiger partial charge in [-0.15, -0.1) is 0 Å². The van der Waals surface area contributed by atoms with Gasteiger partial charge < -0.3 is 19.5 Å². The Hall–Kier alpha value is -2.86. The first-order valence-corrected chi connectivity index (χ1v) is 9.81. The van der Waals surface area contributed by atoms with Crippen LogP contribution in [0.4, 0.5) is 0 Å².